The van der Waals surface area contributed by atoms with Crippen LogP contribution in [0.1, 0.15) is 33.6 Å². The smallest absolute Gasteiger partial charge is 0.241 e. The number of carbonyl (C=O) groups is 1. The molecule has 2 rings (SSSR count). The quantitative estimate of drug-likeness (QED) is 0.843. The van der Waals surface area contributed by atoms with Gasteiger partial charge in [0.1, 0.15) is 5.82 Å². The van der Waals surface area contributed by atoms with Crippen molar-refractivity contribution in [2.45, 2.75) is 45.7 Å². The normalized spacial score (nSPS) is 24.6. The molecule has 5 heteroatoms. The first kappa shape index (κ1) is 15.8. The lowest BCUT2D eigenvalue weighted by atomic mass is 9.93. The molecule has 1 aliphatic heterocycles. The Morgan fingerprint density at radius 3 is 2.81 bits per heavy atom. The predicted molar refractivity (Wildman–Crippen MR) is 83.5 cm³/mol. The maximum absolute atomic E-state index is 13.1. The number of carbonyl (C=O) groups excluding carboxylic acids is 1. The zero-order valence-corrected chi connectivity index (χ0v) is 12.9. The van der Waals surface area contributed by atoms with Gasteiger partial charge in [-0.1, -0.05) is 6.92 Å². The van der Waals surface area contributed by atoms with Crippen molar-refractivity contribution < 1.29 is 9.18 Å². The molecule has 0 bridgehead atoms. The van der Waals surface area contributed by atoms with Crippen molar-refractivity contribution in [2.24, 2.45) is 5.92 Å². The Labute approximate surface area is 125 Å². The maximum atomic E-state index is 13.1. The summed E-state index contributed by atoms with van der Waals surface area (Å²) in [6.45, 7) is 7.22. The van der Waals surface area contributed by atoms with Crippen molar-refractivity contribution in [2.75, 3.05) is 17.6 Å². The Balaban J connectivity index is 2.03. The fourth-order valence-corrected chi connectivity index (χ4v) is 2.88. The van der Waals surface area contributed by atoms with Crippen molar-refractivity contribution in [1.82, 2.24) is 4.90 Å². The lowest BCUT2D eigenvalue weighted by Gasteiger charge is -2.40. The predicted octanol–water partition coefficient (Wildman–Crippen LogP) is 2.86. The Kier molecular flexibility index (Phi) is 4.83. The lowest BCUT2D eigenvalue weighted by molar-refractivity contribution is -0.122. The molecule has 1 saturated heterocycles. The third-order valence-corrected chi connectivity index (χ3v) is 4.31. The summed E-state index contributed by atoms with van der Waals surface area (Å²) >= 11 is 0. The zero-order chi connectivity index (χ0) is 15.6. The third kappa shape index (κ3) is 3.73. The highest BCUT2D eigenvalue weighted by Gasteiger charge is 2.30. The minimum atomic E-state index is -0.473. The molecule has 0 spiro atoms. The number of nitrogens with one attached hydrogen (secondary N) is 1. The van der Waals surface area contributed by atoms with Gasteiger partial charge in [-0.25, -0.2) is 4.39 Å². The number of nitrogens with zero attached hydrogens (tertiary/aromatic N) is 1. The Morgan fingerprint density at radius 2 is 2.14 bits per heavy atom. The van der Waals surface area contributed by atoms with E-state index in [1.165, 1.54) is 24.6 Å². The van der Waals surface area contributed by atoms with Crippen LogP contribution in [0.5, 0.6) is 0 Å². The first-order chi connectivity index (χ1) is 9.88. The van der Waals surface area contributed by atoms with Gasteiger partial charge in [-0.2, -0.15) is 0 Å². The highest BCUT2D eigenvalue weighted by atomic mass is 19.1. The average Bonchev–Trinajstić information content (AvgIpc) is 2.44. The van der Waals surface area contributed by atoms with Crippen molar-refractivity contribution in [3.05, 3.63) is 24.0 Å². The van der Waals surface area contributed by atoms with Crippen molar-refractivity contribution in [1.29, 1.82) is 0 Å². The topological polar surface area (TPSA) is 58.4 Å². The molecular formula is C16H24FN3O. The molecule has 0 aromatic heterocycles. The summed E-state index contributed by atoms with van der Waals surface area (Å²) in [5.41, 5.74) is 6.09. The number of hydrogen-bond donors (Lipinski definition) is 2. The van der Waals surface area contributed by atoms with Gasteiger partial charge in [0.15, 0.2) is 0 Å². The van der Waals surface area contributed by atoms with Gasteiger partial charge in [-0.05, 0) is 50.8 Å². The van der Waals surface area contributed by atoms with Crippen molar-refractivity contribution >= 4 is 17.3 Å². The molecule has 0 aliphatic carbocycles. The van der Waals surface area contributed by atoms with E-state index in [-0.39, 0.29) is 17.6 Å². The summed E-state index contributed by atoms with van der Waals surface area (Å²) in [5.74, 6) is 0.0550. The molecule has 3 unspecified atom stereocenters. The number of nitrogen functional groups attached to an aromatic ring is 1. The molecule has 1 heterocycles. The lowest BCUT2D eigenvalue weighted by Crippen LogP contribution is -2.50. The fraction of sp³-hybridized carbons (Fsp3) is 0.562. The molecule has 0 saturated carbocycles. The van der Waals surface area contributed by atoms with Gasteiger partial charge < -0.3 is 11.1 Å². The van der Waals surface area contributed by atoms with E-state index < -0.39 is 5.82 Å². The van der Waals surface area contributed by atoms with Crippen LogP contribution in [0, 0.1) is 11.7 Å². The highest BCUT2D eigenvalue weighted by Crippen LogP contribution is 2.24. The van der Waals surface area contributed by atoms with Crippen LogP contribution in [0.2, 0.25) is 0 Å². The minimum Gasteiger partial charge on any atom is -0.396 e. The van der Waals surface area contributed by atoms with E-state index in [1.807, 2.05) is 6.92 Å². The number of benzene rings is 1. The van der Waals surface area contributed by atoms with Crippen molar-refractivity contribution in [3.63, 3.8) is 0 Å². The van der Waals surface area contributed by atoms with Gasteiger partial charge in [0.25, 0.3) is 0 Å². The van der Waals surface area contributed by atoms with Gasteiger partial charge in [0, 0.05) is 18.3 Å². The number of amides is 1. The average molecular weight is 293 g/mol. The molecule has 0 radical (unpaired) electrons. The van der Waals surface area contributed by atoms with E-state index in [0.717, 1.165) is 13.0 Å². The monoisotopic (exact) mass is 293 g/mol. The summed E-state index contributed by atoms with van der Waals surface area (Å²) in [5, 5.41) is 2.82. The summed E-state index contributed by atoms with van der Waals surface area (Å²) in [6, 6.07) is 4.43. The Hall–Kier alpha value is -1.62. The molecule has 1 fully saturated rings. The number of nitrogens with two attached hydrogens (primary N) is 1. The van der Waals surface area contributed by atoms with Crippen LogP contribution >= 0.6 is 0 Å². The van der Waals surface area contributed by atoms with E-state index in [4.69, 9.17) is 5.73 Å². The molecule has 1 amide bonds. The maximum Gasteiger partial charge on any atom is 0.241 e. The van der Waals surface area contributed by atoms with E-state index >= 15 is 0 Å². The summed E-state index contributed by atoms with van der Waals surface area (Å²) < 4.78 is 13.1. The second-order valence-electron chi connectivity index (χ2n) is 6.13. The molecule has 116 valence electrons. The Morgan fingerprint density at radius 1 is 1.43 bits per heavy atom. The van der Waals surface area contributed by atoms with Crippen LogP contribution in [0.4, 0.5) is 15.8 Å². The summed E-state index contributed by atoms with van der Waals surface area (Å²) in [4.78, 5) is 14.6. The standard InChI is InChI=1S/C16H24FN3O/c1-10-4-5-11(2)20(9-10)12(3)16(21)19-13-6-7-14(17)15(18)8-13/h6-8,10-12H,4-5,9,18H2,1-3H3,(H,19,21). The first-order valence-electron chi connectivity index (χ1n) is 7.50. The van der Waals surface area contributed by atoms with Gasteiger partial charge in [0.05, 0.1) is 11.7 Å². The van der Waals surface area contributed by atoms with Crippen LogP contribution in [-0.2, 0) is 4.79 Å². The number of likely N-dealkylation sites (tertiary alicyclic amines) is 1. The largest absolute Gasteiger partial charge is 0.396 e. The third-order valence-electron chi connectivity index (χ3n) is 4.31. The first-order valence-corrected chi connectivity index (χ1v) is 7.50. The van der Waals surface area contributed by atoms with Gasteiger partial charge in [-0.3, -0.25) is 9.69 Å². The molecule has 1 aliphatic rings. The zero-order valence-electron chi connectivity index (χ0n) is 12.9. The molecule has 3 N–H and O–H groups in total. The van der Waals surface area contributed by atoms with Crippen LogP contribution in [-0.4, -0.2) is 29.4 Å². The number of hydrogen-bond acceptors (Lipinski definition) is 3. The van der Waals surface area contributed by atoms with Gasteiger partial charge in [0.2, 0.25) is 5.91 Å². The number of halogens is 1. The van der Waals surface area contributed by atoms with Crippen LogP contribution in [0.3, 0.4) is 0 Å². The molecule has 1 aromatic carbocycles. The number of anilines is 2. The van der Waals surface area contributed by atoms with Gasteiger partial charge in [-0.15, -0.1) is 0 Å². The van der Waals surface area contributed by atoms with Crippen LogP contribution in [0.15, 0.2) is 18.2 Å². The molecule has 21 heavy (non-hydrogen) atoms. The summed E-state index contributed by atoms with van der Waals surface area (Å²) in [7, 11) is 0. The Bertz CT molecular complexity index is 520. The molecule has 1 aromatic rings. The second-order valence-corrected chi connectivity index (χ2v) is 6.13. The van der Waals surface area contributed by atoms with E-state index in [1.54, 1.807) is 0 Å². The van der Waals surface area contributed by atoms with E-state index in [2.05, 4.69) is 24.1 Å². The second kappa shape index (κ2) is 6.43. The molecule has 4 nitrogen and oxygen atoms in total. The number of rotatable bonds is 3. The molecule has 3 atom stereocenters. The van der Waals surface area contributed by atoms with Crippen LogP contribution < -0.4 is 11.1 Å². The van der Waals surface area contributed by atoms with Crippen LogP contribution in [0.25, 0.3) is 0 Å². The SMILES string of the molecule is CC1CCC(C)N(C(C)C(=O)Nc2ccc(F)c(N)c2)C1. The summed E-state index contributed by atoms with van der Waals surface area (Å²) in [6.07, 6.45) is 2.32. The number of piperidine rings is 1. The minimum absolute atomic E-state index is 0.0421. The highest BCUT2D eigenvalue weighted by molar-refractivity contribution is 5.94. The van der Waals surface area contributed by atoms with E-state index in [9.17, 15) is 9.18 Å². The fourth-order valence-electron chi connectivity index (χ4n) is 2.88. The van der Waals surface area contributed by atoms with Gasteiger partial charge >= 0.3 is 0 Å². The van der Waals surface area contributed by atoms with E-state index in [0.29, 0.717) is 17.6 Å². The van der Waals surface area contributed by atoms with Crippen molar-refractivity contribution in [3.8, 4) is 0 Å². The molecular weight excluding hydrogens is 269 g/mol.